The van der Waals surface area contributed by atoms with Gasteiger partial charge in [-0.25, -0.2) is 9.86 Å². The molecule has 92 valence electrons. The number of benzene rings is 1. The fourth-order valence-electron chi connectivity index (χ4n) is 2.04. The van der Waals surface area contributed by atoms with Gasteiger partial charge in [0.25, 0.3) is 0 Å². The molecule has 5 heteroatoms. The van der Waals surface area contributed by atoms with Crippen LogP contribution in [0.25, 0.3) is 0 Å². The van der Waals surface area contributed by atoms with Gasteiger partial charge in [0.15, 0.2) is 0 Å². The van der Waals surface area contributed by atoms with E-state index in [0.29, 0.717) is 5.06 Å². The number of carbonyl (C=O) groups excluding carboxylic acids is 1. The first-order valence-corrected chi connectivity index (χ1v) is 5.63. The summed E-state index contributed by atoms with van der Waals surface area (Å²) in [5.41, 5.74) is 6.06. The van der Waals surface area contributed by atoms with E-state index in [-0.39, 0.29) is 18.8 Å². The highest BCUT2D eigenvalue weighted by Gasteiger charge is 2.28. The first kappa shape index (κ1) is 11.9. The molecule has 0 aliphatic carbocycles. The summed E-state index contributed by atoms with van der Waals surface area (Å²) in [5.74, 6) is 0. The second-order valence-corrected chi connectivity index (χ2v) is 4.16. The van der Waals surface area contributed by atoms with Gasteiger partial charge in [-0.1, -0.05) is 30.3 Å². The zero-order chi connectivity index (χ0) is 12.3. The smallest absolute Gasteiger partial charge is 0.338 e. The van der Waals surface area contributed by atoms with Gasteiger partial charge in [0.2, 0.25) is 0 Å². The number of nitrogens with zero attached hydrogens (tertiary/aromatic N) is 1. The van der Waals surface area contributed by atoms with Crippen LogP contribution in [0.4, 0.5) is 4.79 Å². The maximum Gasteiger partial charge on any atom is 0.338 e. The number of amides is 2. The standard InChI is InChI=1S/C12H16N2O3/c13-12(15)14(16)8-10-6-7-11(17-10)9-4-2-1-3-5-9/h1-5,10-11,16H,6-8H2,(H2,13,15)/t10-,11-/m0/s1. The van der Waals surface area contributed by atoms with Crippen molar-refractivity contribution in [2.24, 2.45) is 5.73 Å². The fourth-order valence-corrected chi connectivity index (χ4v) is 2.04. The van der Waals surface area contributed by atoms with Crippen LogP contribution in [0.3, 0.4) is 0 Å². The lowest BCUT2D eigenvalue weighted by atomic mass is 10.1. The molecule has 0 saturated carbocycles. The van der Waals surface area contributed by atoms with E-state index in [2.05, 4.69) is 0 Å². The third-order valence-corrected chi connectivity index (χ3v) is 2.91. The van der Waals surface area contributed by atoms with Crippen LogP contribution in [0, 0.1) is 0 Å². The largest absolute Gasteiger partial charge is 0.368 e. The summed E-state index contributed by atoms with van der Waals surface area (Å²) in [5, 5.41) is 9.72. The molecule has 1 saturated heterocycles. The molecule has 0 radical (unpaired) electrons. The average molecular weight is 236 g/mol. The molecule has 0 aromatic heterocycles. The molecule has 5 nitrogen and oxygen atoms in total. The van der Waals surface area contributed by atoms with Crippen molar-refractivity contribution in [3.05, 3.63) is 35.9 Å². The Balaban J connectivity index is 1.90. The van der Waals surface area contributed by atoms with Crippen LogP contribution in [0.5, 0.6) is 0 Å². The molecule has 0 spiro atoms. The van der Waals surface area contributed by atoms with E-state index in [1.807, 2.05) is 30.3 Å². The highest BCUT2D eigenvalue weighted by Crippen LogP contribution is 2.32. The van der Waals surface area contributed by atoms with Gasteiger partial charge >= 0.3 is 6.03 Å². The van der Waals surface area contributed by atoms with Crippen molar-refractivity contribution in [1.82, 2.24) is 5.06 Å². The molecule has 1 aromatic carbocycles. The Morgan fingerprint density at radius 2 is 2.12 bits per heavy atom. The lowest BCUT2D eigenvalue weighted by Gasteiger charge is -2.18. The molecule has 1 fully saturated rings. The summed E-state index contributed by atoms with van der Waals surface area (Å²) in [6, 6.07) is 9.06. The third-order valence-electron chi connectivity index (χ3n) is 2.91. The Morgan fingerprint density at radius 3 is 2.76 bits per heavy atom. The SMILES string of the molecule is NC(=O)N(O)C[C@@H]1CC[C@@H](c2ccccc2)O1. The summed E-state index contributed by atoms with van der Waals surface area (Å²) >= 11 is 0. The van der Waals surface area contributed by atoms with Crippen LogP contribution >= 0.6 is 0 Å². The molecular weight excluding hydrogens is 220 g/mol. The highest BCUT2D eigenvalue weighted by molar-refractivity contribution is 5.70. The molecule has 1 aliphatic heterocycles. The van der Waals surface area contributed by atoms with E-state index < -0.39 is 6.03 Å². The van der Waals surface area contributed by atoms with E-state index in [1.165, 1.54) is 0 Å². The number of urea groups is 1. The number of rotatable bonds is 3. The molecule has 0 bridgehead atoms. The Morgan fingerprint density at radius 1 is 1.41 bits per heavy atom. The van der Waals surface area contributed by atoms with Crippen LogP contribution in [0.15, 0.2) is 30.3 Å². The van der Waals surface area contributed by atoms with Gasteiger partial charge in [0, 0.05) is 0 Å². The Kier molecular flexibility index (Phi) is 3.61. The summed E-state index contributed by atoms with van der Waals surface area (Å²) < 4.78 is 5.76. The van der Waals surface area contributed by atoms with Gasteiger partial charge in [-0.3, -0.25) is 5.21 Å². The predicted octanol–water partition coefficient (Wildman–Crippen LogP) is 1.68. The lowest BCUT2D eigenvalue weighted by molar-refractivity contribution is -0.0788. The van der Waals surface area contributed by atoms with Crippen molar-refractivity contribution in [2.45, 2.75) is 25.0 Å². The monoisotopic (exact) mass is 236 g/mol. The highest BCUT2D eigenvalue weighted by atomic mass is 16.5. The van der Waals surface area contributed by atoms with Crippen molar-refractivity contribution in [2.75, 3.05) is 6.54 Å². The van der Waals surface area contributed by atoms with E-state index in [9.17, 15) is 10.0 Å². The second kappa shape index (κ2) is 5.16. The van der Waals surface area contributed by atoms with Crippen molar-refractivity contribution in [3.63, 3.8) is 0 Å². The molecule has 2 atom stereocenters. The Labute approximate surface area is 99.7 Å². The Hall–Kier alpha value is -1.59. The molecule has 1 heterocycles. The first-order valence-electron chi connectivity index (χ1n) is 5.63. The van der Waals surface area contributed by atoms with E-state index in [1.54, 1.807) is 0 Å². The van der Waals surface area contributed by atoms with Crippen molar-refractivity contribution >= 4 is 6.03 Å². The fraction of sp³-hybridized carbons (Fsp3) is 0.417. The minimum Gasteiger partial charge on any atom is -0.368 e. The van der Waals surface area contributed by atoms with Crippen molar-refractivity contribution < 1.29 is 14.7 Å². The number of hydrogen-bond donors (Lipinski definition) is 2. The molecular formula is C12H16N2O3. The summed E-state index contributed by atoms with van der Waals surface area (Å²) in [6.07, 6.45) is 1.59. The van der Waals surface area contributed by atoms with E-state index in [4.69, 9.17) is 10.5 Å². The quantitative estimate of drug-likeness (QED) is 0.619. The first-order chi connectivity index (χ1) is 8.16. The molecule has 2 amide bonds. The number of ether oxygens (including phenoxy) is 1. The summed E-state index contributed by atoms with van der Waals surface area (Å²) in [6.45, 7) is 0.124. The predicted molar refractivity (Wildman–Crippen MR) is 61.4 cm³/mol. The van der Waals surface area contributed by atoms with Gasteiger partial charge in [0.05, 0.1) is 18.8 Å². The molecule has 1 aliphatic rings. The van der Waals surface area contributed by atoms with Gasteiger partial charge in [0.1, 0.15) is 0 Å². The van der Waals surface area contributed by atoms with E-state index >= 15 is 0 Å². The van der Waals surface area contributed by atoms with Crippen molar-refractivity contribution in [1.29, 1.82) is 0 Å². The lowest BCUT2D eigenvalue weighted by Crippen LogP contribution is -2.38. The van der Waals surface area contributed by atoms with Gasteiger partial charge in [-0.2, -0.15) is 0 Å². The summed E-state index contributed by atoms with van der Waals surface area (Å²) in [7, 11) is 0. The summed E-state index contributed by atoms with van der Waals surface area (Å²) in [4.78, 5) is 10.7. The maximum absolute atomic E-state index is 10.7. The van der Waals surface area contributed by atoms with Crippen LogP contribution in [-0.4, -0.2) is 29.0 Å². The van der Waals surface area contributed by atoms with Crippen LogP contribution in [-0.2, 0) is 4.74 Å². The Bertz CT molecular complexity index is 383. The van der Waals surface area contributed by atoms with Gasteiger partial charge < -0.3 is 10.5 Å². The number of primary amides is 1. The third kappa shape index (κ3) is 2.95. The van der Waals surface area contributed by atoms with E-state index in [0.717, 1.165) is 18.4 Å². The zero-order valence-corrected chi connectivity index (χ0v) is 9.45. The normalized spacial score (nSPS) is 23.6. The maximum atomic E-state index is 10.7. The molecule has 1 aromatic rings. The average Bonchev–Trinajstić information content (AvgIpc) is 2.78. The minimum atomic E-state index is -0.850. The van der Waals surface area contributed by atoms with Gasteiger partial charge in [-0.15, -0.1) is 0 Å². The van der Waals surface area contributed by atoms with Crippen LogP contribution in [0.2, 0.25) is 0 Å². The van der Waals surface area contributed by atoms with Crippen LogP contribution < -0.4 is 5.73 Å². The topological polar surface area (TPSA) is 75.8 Å². The molecule has 17 heavy (non-hydrogen) atoms. The second-order valence-electron chi connectivity index (χ2n) is 4.16. The molecule has 3 N–H and O–H groups in total. The van der Waals surface area contributed by atoms with Gasteiger partial charge in [-0.05, 0) is 18.4 Å². The van der Waals surface area contributed by atoms with Crippen LogP contribution in [0.1, 0.15) is 24.5 Å². The molecule has 0 unspecified atom stereocenters. The zero-order valence-electron chi connectivity index (χ0n) is 9.45. The molecule has 2 rings (SSSR count). The number of hydroxylamine groups is 2. The number of nitrogens with two attached hydrogens (primary N) is 1. The minimum absolute atomic E-state index is 0.0440. The van der Waals surface area contributed by atoms with Crippen molar-refractivity contribution in [3.8, 4) is 0 Å². The number of hydrogen-bond acceptors (Lipinski definition) is 3. The number of carbonyl (C=O) groups is 1.